The molecule has 16 heavy (non-hydrogen) atoms. The van der Waals surface area contributed by atoms with E-state index in [0.29, 0.717) is 5.25 Å². The molecule has 0 saturated carbocycles. The van der Waals surface area contributed by atoms with Crippen LogP contribution < -0.4 is 15.8 Å². The molecular formula is C12H20N2OS. The highest BCUT2D eigenvalue weighted by Gasteiger charge is 2.01. The first-order valence-corrected chi connectivity index (χ1v) is 6.65. The minimum atomic E-state index is 0.676. The van der Waals surface area contributed by atoms with Crippen LogP contribution in [0.1, 0.15) is 13.3 Å². The lowest BCUT2D eigenvalue weighted by Crippen LogP contribution is -2.08. The van der Waals surface area contributed by atoms with Crippen LogP contribution in [0, 0.1) is 0 Å². The molecule has 0 aliphatic rings. The maximum absolute atomic E-state index is 5.77. The molecule has 0 amide bonds. The fraction of sp³-hybridized carbons (Fsp3) is 0.500. The van der Waals surface area contributed by atoms with Crippen LogP contribution >= 0.6 is 11.8 Å². The number of rotatable bonds is 6. The number of benzene rings is 1. The molecule has 0 heterocycles. The van der Waals surface area contributed by atoms with Gasteiger partial charge < -0.3 is 15.8 Å². The van der Waals surface area contributed by atoms with E-state index in [4.69, 9.17) is 10.5 Å². The van der Waals surface area contributed by atoms with E-state index in [0.717, 1.165) is 30.1 Å². The Labute approximate surface area is 102 Å². The van der Waals surface area contributed by atoms with Crippen LogP contribution in [0.25, 0.3) is 0 Å². The lowest BCUT2D eigenvalue weighted by Gasteiger charge is -2.11. The Hall–Kier alpha value is -1.03. The van der Waals surface area contributed by atoms with Crippen LogP contribution in [-0.2, 0) is 0 Å². The second-order valence-electron chi connectivity index (χ2n) is 3.76. The number of hydrogen-bond acceptors (Lipinski definition) is 4. The quantitative estimate of drug-likeness (QED) is 0.751. The molecule has 1 unspecified atom stereocenters. The highest BCUT2D eigenvalue weighted by Crippen LogP contribution is 2.22. The maximum Gasteiger partial charge on any atom is 0.122 e. The van der Waals surface area contributed by atoms with Crippen molar-refractivity contribution in [3.63, 3.8) is 0 Å². The highest BCUT2D eigenvalue weighted by atomic mass is 32.2. The van der Waals surface area contributed by atoms with Crippen molar-refractivity contribution in [1.29, 1.82) is 0 Å². The van der Waals surface area contributed by atoms with Crippen molar-refractivity contribution in [1.82, 2.24) is 0 Å². The van der Waals surface area contributed by atoms with E-state index in [9.17, 15) is 0 Å². The molecule has 3 N–H and O–H groups in total. The Bertz CT molecular complexity index is 331. The summed E-state index contributed by atoms with van der Waals surface area (Å²) in [7, 11) is 1.65. The molecule has 90 valence electrons. The molecule has 4 heteroatoms. The van der Waals surface area contributed by atoms with Crippen LogP contribution in [0.5, 0.6) is 5.75 Å². The van der Waals surface area contributed by atoms with Crippen molar-refractivity contribution in [3.8, 4) is 5.75 Å². The first-order chi connectivity index (χ1) is 7.65. The normalized spacial score (nSPS) is 12.2. The molecule has 0 aromatic heterocycles. The van der Waals surface area contributed by atoms with Crippen molar-refractivity contribution in [2.45, 2.75) is 18.6 Å². The van der Waals surface area contributed by atoms with E-state index < -0.39 is 0 Å². The van der Waals surface area contributed by atoms with Crippen molar-refractivity contribution in [2.24, 2.45) is 0 Å². The van der Waals surface area contributed by atoms with Crippen molar-refractivity contribution < 1.29 is 4.74 Å². The summed E-state index contributed by atoms with van der Waals surface area (Å²) in [5.74, 6) is 0.792. The third-order valence-electron chi connectivity index (χ3n) is 2.45. The average molecular weight is 240 g/mol. The summed E-state index contributed by atoms with van der Waals surface area (Å²) in [6.45, 7) is 3.18. The number of ether oxygens (including phenoxy) is 1. The van der Waals surface area contributed by atoms with E-state index in [-0.39, 0.29) is 0 Å². The van der Waals surface area contributed by atoms with E-state index >= 15 is 0 Å². The number of nitrogens with two attached hydrogens (primary N) is 1. The van der Waals surface area contributed by atoms with E-state index in [1.54, 1.807) is 7.11 Å². The molecule has 0 saturated heterocycles. The fourth-order valence-electron chi connectivity index (χ4n) is 1.38. The Morgan fingerprint density at radius 1 is 1.44 bits per heavy atom. The van der Waals surface area contributed by atoms with Crippen molar-refractivity contribution in [3.05, 3.63) is 18.2 Å². The molecule has 1 aromatic rings. The number of anilines is 2. The van der Waals surface area contributed by atoms with Crippen LogP contribution in [0.15, 0.2) is 18.2 Å². The summed E-state index contributed by atoms with van der Waals surface area (Å²) in [5.41, 5.74) is 7.51. The summed E-state index contributed by atoms with van der Waals surface area (Å²) >= 11 is 1.88. The molecule has 0 aliphatic heterocycles. The van der Waals surface area contributed by atoms with Gasteiger partial charge in [0.15, 0.2) is 0 Å². The average Bonchev–Trinajstić information content (AvgIpc) is 2.28. The molecule has 3 nitrogen and oxygen atoms in total. The zero-order valence-electron chi connectivity index (χ0n) is 10.1. The van der Waals surface area contributed by atoms with E-state index in [2.05, 4.69) is 18.5 Å². The predicted octanol–water partition coefficient (Wildman–Crippen LogP) is 2.83. The Balaban J connectivity index is 2.50. The van der Waals surface area contributed by atoms with Crippen LogP contribution in [0.2, 0.25) is 0 Å². The van der Waals surface area contributed by atoms with E-state index in [1.807, 2.05) is 30.0 Å². The zero-order valence-corrected chi connectivity index (χ0v) is 10.9. The number of hydrogen-bond donors (Lipinski definition) is 2. The Morgan fingerprint density at radius 3 is 2.81 bits per heavy atom. The third-order valence-corrected chi connectivity index (χ3v) is 3.49. The van der Waals surface area contributed by atoms with Gasteiger partial charge in [0.05, 0.1) is 7.11 Å². The van der Waals surface area contributed by atoms with Gasteiger partial charge in [-0.1, -0.05) is 6.92 Å². The SMILES string of the molecule is COc1cc(N)cc(NCCC(C)SC)c1. The summed E-state index contributed by atoms with van der Waals surface area (Å²) in [5, 5.41) is 4.03. The molecular weight excluding hydrogens is 220 g/mol. The van der Waals surface area contributed by atoms with Crippen LogP contribution in [-0.4, -0.2) is 25.2 Å². The minimum Gasteiger partial charge on any atom is -0.497 e. The van der Waals surface area contributed by atoms with Crippen LogP contribution in [0.3, 0.4) is 0 Å². The van der Waals surface area contributed by atoms with Gasteiger partial charge in [0.25, 0.3) is 0 Å². The first-order valence-electron chi connectivity index (χ1n) is 5.37. The zero-order chi connectivity index (χ0) is 12.0. The predicted molar refractivity (Wildman–Crippen MR) is 73.5 cm³/mol. The smallest absolute Gasteiger partial charge is 0.122 e. The largest absolute Gasteiger partial charge is 0.497 e. The van der Waals surface area contributed by atoms with Gasteiger partial charge in [0, 0.05) is 35.3 Å². The summed E-state index contributed by atoms with van der Waals surface area (Å²) in [6.07, 6.45) is 3.27. The number of nitrogens with one attached hydrogen (secondary N) is 1. The van der Waals surface area contributed by atoms with Crippen molar-refractivity contribution >= 4 is 23.1 Å². The molecule has 1 atom stereocenters. The second kappa shape index (κ2) is 6.53. The molecule has 1 rings (SSSR count). The summed E-state index contributed by atoms with van der Waals surface area (Å²) in [4.78, 5) is 0. The van der Waals surface area contributed by atoms with Crippen LogP contribution in [0.4, 0.5) is 11.4 Å². The second-order valence-corrected chi connectivity index (χ2v) is 5.03. The lowest BCUT2D eigenvalue weighted by atomic mass is 10.2. The Kier molecular flexibility index (Phi) is 5.32. The summed E-state index contributed by atoms with van der Waals surface area (Å²) < 4.78 is 5.16. The maximum atomic E-state index is 5.77. The third kappa shape index (κ3) is 4.23. The Morgan fingerprint density at radius 2 is 2.19 bits per heavy atom. The monoisotopic (exact) mass is 240 g/mol. The van der Waals surface area contributed by atoms with E-state index in [1.165, 1.54) is 0 Å². The molecule has 0 radical (unpaired) electrons. The molecule has 1 aromatic carbocycles. The van der Waals surface area contributed by atoms with Gasteiger partial charge >= 0.3 is 0 Å². The van der Waals surface area contributed by atoms with Gasteiger partial charge in [-0.05, 0) is 18.7 Å². The minimum absolute atomic E-state index is 0.676. The van der Waals surface area contributed by atoms with Gasteiger partial charge in [0.2, 0.25) is 0 Å². The summed E-state index contributed by atoms with van der Waals surface area (Å²) in [6, 6.07) is 5.70. The van der Waals surface area contributed by atoms with Crippen molar-refractivity contribution in [2.75, 3.05) is 31.0 Å². The molecule has 0 aliphatic carbocycles. The van der Waals surface area contributed by atoms with Gasteiger partial charge in [0.1, 0.15) is 5.75 Å². The van der Waals surface area contributed by atoms with Gasteiger partial charge in [-0.15, -0.1) is 0 Å². The highest BCUT2D eigenvalue weighted by molar-refractivity contribution is 7.99. The lowest BCUT2D eigenvalue weighted by molar-refractivity contribution is 0.415. The topological polar surface area (TPSA) is 47.3 Å². The molecule has 0 spiro atoms. The fourth-order valence-corrected chi connectivity index (χ4v) is 1.73. The standard InChI is InChI=1S/C12H20N2OS/c1-9(16-3)4-5-14-11-6-10(13)7-12(8-11)15-2/h6-9,14H,4-5,13H2,1-3H3. The number of nitrogen functional groups attached to an aromatic ring is 1. The van der Waals surface area contributed by atoms with Gasteiger partial charge in [-0.3, -0.25) is 0 Å². The number of thioether (sulfide) groups is 1. The van der Waals surface area contributed by atoms with Gasteiger partial charge in [-0.2, -0.15) is 11.8 Å². The first kappa shape index (κ1) is 13.0. The van der Waals surface area contributed by atoms with Gasteiger partial charge in [-0.25, -0.2) is 0 Å². The molecule has 0 fully saturated rings. The number of methoxy groups -OCH3 is 1. The molecule has 0 bridgehead atoms.